The minimum atomic E-state index is 0.0409. The summed E-state index contributed by atoms with van der Waals surface area (Å²) in [7, 11) is 0. The molecule has 1 saturated heterocycles. The van der Waals surface area contributed by atoms with E-state index in [0.717, 1.165) is 25.3 Å². The van der Waals surface area contributed by atoms with Crippen LogP contribution in [0.5, 0.6) is 0 Å². The third-order valence-corrected chi connectivity index (χ3v) is 6.04. The van der Waals surface area contributed by atoms with Gasteiger partial charge in [-0.05, 0) is 31.4 Å². The van der Waals surface area contributed by atoms with E-state index in [-0.39, 0.29) is 11.9 Å². The highest BCUT2D eigenvalue weighted by atomic mass is 16.5. The van der Waals surface area contributed by atoms with Crippen molar-refractivity contribution < 1.29 is 9.53 Å². The molecular weight excluding hydrogens is 366 g/mol. The van der Waals surface area contributed by atoms with Crippen molar-refractivity contribution in [3.05, 3.63) is 41.0 Å². The number of aromatic nitrogens is 3. The number of carbonyl (C=O) groups is 1. The van der Waals surface area contributed by atoms with Crippen molar-refractivity contribution in [1.82, 2.24) is 19.4 Å². The Labute approximate surface area is 172 Å². The highest BCUT2D eigenvalue weighted by molar-refractivity contribution is 5.95. The summed E-state index contributed by atoms with van der Waals surface area (Å²) in [5, 5.41) is 0. The Hall–Kier alpha value is -2.41. The molecule has 4 heterocycles. The number of rotatable bonds is 4. The Bertz CT molecular complexity index is 885. The van der Waals surface area contributed by atoms with Gasteiger partial charge in [-0.25, -0.2) is 9.97 Å². The Morgan fingerprint density at radius 2 is 1.97 bits per heavy atom. The van der Waals surface area contributed by atoms with E-state index in [1.54, 1.807) is 6.20 Å². The number of hydrogen-bond donors (Lipinski definition) is 0. The van der Waals surface area contributed by atoms with Gasteiger partial charge in [0.25, 0.3) is 5.91 Å². The van der Waals surface area contributed by atoms with Crippen molar-refractivity contribution in [1.29, 1.82) is 0 Å². The van der Waals surface area contributed by atoms with Gasteiger partial charge in [0.05, 0.1) is 30.5 Å². The fraction of sp³-hybridized carbons (Fsp3) is 0.591. The van der Waals surface area contributed by atoms with Crippen LogP contribution in [-0.2, 0) is 17.7 Å². The lowest BCUT2D eigenvalue weighted by atomic mass is 9.96. The van der Waals surface area contributed by atoms with Gasteiger partial charge in [0, 0.05) is 43.8 Å². The van der Waals surface area contributed by atoms with Gasteiger partial charge in [-0.15, -0.1) is 0 Å². The molecule has 1 atom stereocenters. The topological polar surface area (TPSA) is 63.5 Å². The van der Waals surface area contributed by atoms with E-state index in [4.69, 9.17) is 9.72 Å². The lowest BCUT2D eigenvalue weighted by Crippen LogP contribution is -2.44. The molecule has 0 N–H and O–H groups in total. The van der Waals surface area contributed by atoms with Crippen molar-refractivity contribution >= 4 is 11.9 Å². The summed E-state index contributed by atoms with van der Waals surface area (Å²) >= 11 is 0. The maximum atomic E-state index is 13.6. The lowest BCUT2D eigenvalue weighted by Gasteiger charge is -2.40. The first-order valence-electron chi connectivity index (χ1n) is 10.7. The van der Waals surface area contributed by atoms with E-state index in [2.05, 4.69) is 47.4 Å². The van der Waals surface area contributed by atoms with E-state index in [1.165, 1.54) is 11.4 Å². The van der Waals surface area contributed by atoms with Gasteiger partial charge in [-0.3, -0.25) is 4.79 Å². The number of carbonyl (C=O) groups excluding carboxylic acids is 1. The van der Waals surface area contributed by atoms with Crippen molar-refractivity contribution in [3.63, 3.8) is 0 Å². The van der Waals surface area contributed by atoms with Crippen LogP contribution >= 0.6 is 0 Å². The first-order valence-corrected chi connectivity index (χ1v) is 10.7. The number of anilines is 1. The molecule has 4 rings (SSSR count). The zero-order valence-electron chi connectivity index (χ0n) is 17.9. The summed E-state index contributed by atoms with van der Waals surface area (Å²) in [6.45, 7) is 13.0. The van der Waals surface area contributed by atoms with Crippen LogP contribution < -0.4 is 4.90 Å². The molecule has 1 fully saturated rings. The summed E-state index contributed by atoms with van der Waals surface area (Å²) < 4.78 is 7.76. The molecule has 29 heavy (non-hydrogen) atoms. The van der Waals surface area contributed by atoms with Crippen LogP contribution in [0, 0.1) is 12.8 Å². The van der Waals surface area contributed by atoms with Crippen LogP contribution in [0.4, 0.5) is 5.95 Å². The minimum Gasteiger partial charge on any atom is -0.378 e. The standard InChI is InChI=1S/C22H31N5O2/c1-5-18-17(14-23-22(24-18)25-10-12-29-13-11-25)21(28)27-9-8-26-16(4)6-7-19(26)20(27)15(2)3/h6-7,14-15,20H,5,8-13H2,1-4H3/t20-/m1/s1. The third kappa shape index (κ3) is 3.64. The molecule has 0 spiro atoms. The van der Waals surface area contributed by atoms with Crippen LogP contribution in [0.3, 0.4) is 0 Å². The van der Waals surface area contributed by atoms with Crippen molar-refractivity contribution in [2.45, 2.75) is 46.7 Å². The molecule has 0 unspecified atom stereocenters. The monoisotopic (exact) mass is 397 g/mol. The first-order chi connectivity index (χ1) is 14.0. The van der Waals surface area contributed by atoms with Crippen molar-refractivity contribution in [3.8, 4) is 0 Å². The minimum absolute atomic E-state index is 0.0409. The SMILES string of the molecule is CCc1nc(N2CCOCC2)ncc1C(=O)N1CCn2c(C)ccc2[C@H]1C(C)C. The molecule has 7 heteroatoms. The Morgan fingerprint density at radius 1 is 1.21 bits per heavy atom. The summed E-state index contributed by atoms with van der Waals surface area (Å²) in [5.41, 5.74) is 3.93. The second-order valence-corrected chi connectivity index (χ2v) is 8.22. The van der Waals surface area contributed by atoms with E-state index >= 15 is 0 Å². The highest BCUT2D eigenvalue weighted by Crippen LogP contribution is 2.34. The van der Waals surface area contributed by atoms with Crippen LogP contribution in [0.1, 0.15) is 54.3 Å². The van der Waals surface area contributed by atoms with Gasteiger partial charge in [0.1, 0.15) is 0 Å². The Morgan fingerprint density at radius 3 is 2.66 bits per heavy atom. The van der Waals surface area contributed by atoms with Crippen LogP contribution in [0.2, 0.25) is 0 Å². The number of ether oxygens (including phenoxy) is 1. The molecular formula is C22H31N5O2. The second-order valence-electron chi connectivity index (χ2n) is 8.22. The van der Waals surface area contributed by atoms with E-state index in [1.807, 2.05) is 11.8 Å². The normalized spacial score (nSPS) is 19.6. The smallest absolute Gasteiger partial charge is 0.257 e. The van der Waals surface area contributed by atoms with Gasteiger partial charge in [-0.2, -0.15) is 0 Å². The number of morpholine rings is 1. The predicted octanol–water partition coefficient (Wildman–Crippen LogP) is 2.84. The second kappa shape index (κ2) is 8.14. The van der Waals surface area contributed by atoms with Gasteiger partial charge in [0.15, 0.2) is 0 Å². The maximum Gasteiger partial charge on any atom is 0.257 e. The molecule has 7 nitrogen and oxygen atoms in total. The molecule has 0 radical (unpaired) electrons. The van der Waals surface area contributed by atoms with Crippen LogP contribution in [0.15, 0.2) is 18.3 Å². The molecule has 0 bridgehead atoms. The zero-order valence-corrected chi connectivity index (χ0v) is 17.9. The summed E-state index contributed by atoms with van der Waals surface area (Å²) in [5.74, 6) is 1.07. The van der Waals surface area contributed by atoms with Gasteiger partial charge < -0.3 is 19.1 Å². The molecule has 2 aliphatic rings. The zero-order chi connectivity index (χ0) is 20.5. The largest absolute Gasteiger partial charge is 0.378 e. The average molecular weight is 398 g/mol. The molecule has 156 valence electrons. The molecule has 2 aromatic heterocycles. The summed E-state index contributed by atoms with van der Waals surface area (Å²) in [4.78, 5) is 27.1. The first kappa shape index (κ1) is 19.9. The molecule has 0 aliphatic carbocycles. The Balaban J connectivity index is 1.64. The lowest BCUT2D eigenvalue weighted by molar-refractivity contribution is 0.0552. The third-order valence-electron chi connectivity index (χ3n) is 6.04. The van der Waals surface area contributed by atoms with Crippen LogP contribution in [0.25, 0.3) is 0 Å². The van der Waals surface area contributed by atoms with Crippen LogP contribution in [-0.4, -0.2) is 58.2 Å². The van der Waals surface area contributed by atoms with Crippen molar-refractivity contribution in [2.75, 3.05) is 37.7 Å². The highest BCUT2D eigenvalue weighted by Gasteiger charge is 2.35. The van der Waals surface area contributed by atoms with Gasteiger partial charge in [0.2, 0.25) is 5.95 Å². The molecule has 2 aromatic rings. The predicted molar refractivity (Wildman–Crippen MR) is 112 cm³/mol. The number of aryl methyl sites for hydroxylation is 2. The number of amides is 1. The molecule has 1 amide bonds. The fourth-order valence-electron chi connectivity index (χ4n) is 4.51. The van der Waals surface area contributed by atoms with Gasteiger partial charge >= 0.3 is 0 Å². The average Bonchev–Trinajstić information content (AvgIpc) is 3.13. The Kier molecular flexibility index (Phi) is 5.58. The summed E-state index contributed by atoms with van der Waals surface area (Å²) in [6, 6.07) is 4.38. The number of nitrogens with zero attached hydrogens (tertiary/aromatic N) is 5. The number of hydrogen-bond acceptors (Lipinski definition) is 5. The molecule has 2 aliphatic heterocycles. The van der Waals surface area contributed by atoms with E-state index in [0.29, 0.717) is 43.6 Å². The summed E-state index contributed by atoms with van der Waals surface area (Å²) in [6.07, 6.45) is 2.44. The van der Waals surface area contributed by atoms with E-state index in [9.17, 15) is 4.79 Å². The van der Waals surface area contributed by atoms with Crippen molar-refractivity contribution in [2.24, 2.45) is 5.92 Å². The van der Waals surface area contributed by atoms with E-state index < -0.39 is 0 Å². The molecule has 0 saturated carbocycles. The fourth-order valence-corrected chi connectivity index (χ4v) is 4.51. The number of fused-ring (bicyclic) bond motifs is 1. The van der Waals surface area contributed by atoms with Gasteiger partial charge in [-0.1, -0.05) is 20.8 Å². The maximum absolute atomic E-state index is 13.6. The molecule has 0 aromatic carbocycles. The quantitative estimate of drug-likeness (QED) is 0.794.